The molecule has 11 heteroatoms. The molecule has 3 aliphatic heterocycles. The molecule has 0 aliphatic carbocycles. The molecule has 3 aromatic rings. The van der Waals surface area contributed by atoms with Gasteiger partial charge in [-0.25, -0.2) is 14.2 Å². The van der Waals surface area contributed by atoms with Crippen LogP contribution in [0.2, 0.25) is 0 Å². The van der Waals surface area contributed by atoms with Crippen molar-refractivity contribution in [2.75, 3.05) is 13.1 Å². The van der Waals surface area contributed by atoms with E-state index >= 15 is 4.39 Å². The van der Waals surface area contributed by atoms with Crippen LogP contribution in [0.4, 0.5) is 9.18 Å². The first-order chi connectivity index (χ1) is 20.5. The molecule has 0 N–H and O–H groups in total. The summed E-state index contributed by atoms with van der Waals surface area (Å²) in [5.74, 6) is -2.07. The third-order valence-corrected chi connectivity index (χ3v) is 8.68. The number of aliphatic carboxylic acids is 1. The second kappa shape index (κ2) is 12.4. The first kappa shape index (κ1) is 31.8. The molecule has 9 nitrogen and oxygen atoms in total. The number of imidazole rings is 1. The van der Waals surface area contributed by atoms with Gasteiger partial charge in [0.2, 0.25) is 0 Å². The number of amides is 2. The molecule has 0 radical (unpaired) electrons. The van der Waals surface area contributed by atoms with Crippen LogP contribution in [-0.4, -0.2) is 56.0 Å². The number of carbonyl (C=O) groups excluding carboxylic acids is 3. The van der Waals surface area contributed by atoms with E-state index < -0.39 is 29.3 Å². The second-order valence-electron chi connectivity index (χ2n) is 12.8. The summed E-state index contributed by atoms with van der Waals surface area (Å²) in [6.45, 7) is 7.52. The summed E-state index contributed by atoms with van der Waals surface area (Å²) in [6, 6.07) is 9.53. The van der Waals surface area contributed by atoms with Gasteiger partial charge in [0.25, 0.3) is 5.91 Å². The van der Waals surface area contributed by atoms with E-state index in [0.29, 0.717) is 36.7 Å². The number of benzene rings is 2. The number of carboxylic acids is 1. The van der Waals surface area contributed by atoms with Crippen LogP contribution < -0.4 is 24.0 Å². The van der Waals surface area contributed by atoms with Gasteiger partial charge in [0.15, 0.2) is 0 Å². The van der Waals surface area contributed by atoms with E-state index in [2.05, 4.69) is 4.98 Å². The first-order valence-electron chi connectivity index (χ1n) is 14.9. The Morgan fingerprint density at radius 1 is 1.09 bits per heavy atom. The topological polar surface area (TPSA) is 108 Å². The van der Waals surface area contributed by atoms with Gasteiger partial charge in [-0.3, -0.25) is 4.79 Å². The molecule has 0 spiro atoms. The van der Waals surface area contributed by atoms with Gasteiger partial charge < -0.3 is 29.0 Å². The molecule has 6 rings (SSSR count). The van der Waals surface area contributed by atoms with Gasteiger partial charge in [0.05, 0.1) is 24.5 Å². The number of aromatic nitrogens is 2. The standard InChI is InChI=1S/C33H37FN4O5.Li/c1-33(2,3)43-32(42)36-13-10-21(11-14-36)15-20-6-8-22(9-7-20)23-16-24-25(26(34)17-23)18-38(30(24)39)29(31(40)41)28-27-5-4-12-37(27)19-35-28;/h6-9,16-17,19,21,29H,4-5,10-15,18H2,1-3H3,(H,40,41);/q;+1/p-1. The number of carboxylic acid groups (broad SMARTS) is 1. The molecular formula is C33H36FLiN4O5. The van der Waals surface area contributed by atoms with E-state index in [1.165, 1.54) is 6.07 Å². The molecule has 4 heterocycles. The predicted molar refractivity (Wildman–Crippen MR) is 154 cm³/mol. The summed E-state index contributed by atoms with van der Waals surface area (Å²) in [4.78, 5) is 45.3. The molecule has 1 fully saturated rings. The fourth-order valence-electron chi connectivity index (χ4n) is 6.49. The molecule has 2 aromatic carbocycles. The fourth-order valence-corrected chi connectivity index (χ4v) is 6.49. The molecule has 1 saturated heterocycles. The van der Waals surface area contributed by atoms with Gasteiger partial charge in [0.1, 0.15) is 17.5 Å². The van der Waals surface area contributed by atoms with Gasteiger partial charge >= 0.3 is 25.0 Å². The van der Waals surface area contributed by atoms with Crippen LogP contribution in [0.1, 0.15) is 78.9 Å². The number of carbonyl (C=O) groups is 3. The maximum Gasteiger partial charge on any atom is 1.00 e. The van der Waals surface area contributed by atoms with Crippen molar-refractivity contribution >= 4 is 18.0 Å². The largest absolute Gasteiger partial charge is 1.00 e. The fraction of sp³-hybridized carbons (Fsp3) is 0.455. The van der Waals surface area contributed by atoms with Crippen molar-refractivity contribution in [1.82, 2.24) is 19.4 Å². The number of hydrogen-bond donors (Lipinski definition) is 0. The van der Waals surface area contributed by atoms with Crippen molar-refractivity contribution in [2.45, 2.75) is 77.6 Å². The van der Waals surface area contributed by atoms with Crippen LogP contribution in [0.3, 0.4) is 0 Å². The zero-order valence-corrected chi connectivity index (χ0v) is 25.8. The summed E-state index contributed by atoms with van der Waals surface area (Å²) in [7, 11) is 0. The smallest absolute Gasteiger partial charge is 0.547 e. The maximum absolute atomic E-state index is 15.4. The zero-order chi connectivity index (χ0) is 30.5. The Morgan fingerprint density at radius 2 is 1.80 bits per heavy atom. The monoisotopic (exact) mass is 594 g/mol. The molecule has 2 amide bonds. The number of rotatable bonds is 6. The van der Waals surface area contributed by atoms with Gasteiger partial charge in [-0.05, 0) is 87.6 Å². The van der Waals surface area contributed by atoms with Crippen molar-refractivity contribution in [3.05, 3.63) is 76.6 Å². The van der Waals surface area contributed by atoms with Crippen molar-refractivity contribution in [3.8, 4) is 11.1 Å². The van der Waals surface area contributed by atoms with Crippen molar-refractivity contribution in [3.63, 3.8) is 0 Å². The molecule has 1 atom stereocenters. The Morgan fingerprint density at radius 3 is 2.45 bits per heavy atom. The van der Waals surface area contributed by atoms with Crippen LogP contribution in [0, 0.1) is 11.7 Å². The average Bonchev–Trinajstić information content (AvgIpc) is 3.66. The van der Waals surface area contributed by atoms with Crippen LogP contribution in [0.15, 0.2) is 42.7 Å². The predicted octanol–water partition coefficient (Wildman–Crippen LogP) is 1.28. The molecule has 1 unspecified atom stereocenters. The summed E-state index contributed by atoms with van der Waals surface area (Å²) >= 11 is 0. The SMILES string of the molecule is CC(C)(C)OC(=O)N1CCC(Cc2ccc(-c3cc(F)c4c(c3)C(=O)N(C(C(=O)[O-])c3ncn5c3CCC5)C4)cc2)CC1.[Li+]. The van der Waals surface area contributed by atoms with Crippen molar-refractivity contribution in [2.24, 2.45) is 5.92 Å². The van der Waals surface area contributed by atoms with E-state index in [4.69, 9.17) is 4.74 Å². The van der Waals surface area contributed by atoms with Gasteiger partial charge in [-0.2, -0.15) is 0 Å². The Hall–Kier alpha value is -3.61. The van der Waals surface area contributed by atoms with Gasteiger partial charge in [0, 0.05) is 36.5 Å². The van der Waals surface area contributed by atoms with Gasteiger partial charge in [-0.1, -0.05) is 24.3 Å². The number of likely N-dealkylation sites (tertiary alicyclic amines) is 1. The van der Waals surface area contributed by atoms with E-state index in [0.717, 1.165) is 53.9 Å². The Labute approximate surface area is 268 Å². The molecule has 226 valence electrons. The minimum Gasteiger partial charge on any atom is -0.547 e. The summed E-state index contributed by atoms with van der Waals surface area (Å²) in [6.07, 6.45) is 5.54. The number of halogens is 1. The van der Waals surface area contributed by atoms with Crippen LogP contribution in [0.25, 0.3) is 11.1 Å². The number of ether oxygens (including phenoxy) is 1. The minimum atomic E-state index is -1.43. The molecule has 1 aromatic heterocycles. The molecular weight excluding hydrogens is 558 g/mol. The number of hydrogen-bond acceptors (Lipinski definition) is 6. The third-order valence-electron chi connectivity index (χ3n) is 8.68. The number of aryl methyl sites for hydroxylation is 1. The van der Waals surface area contributed by atoms with Crippen LogP contribution >= 0.6 is 0 Å². The number of fused-ring (bicyclic) bond motifs is 2. The molecule has 44 heavy (non-hydrogen) atoms. The van der Waals surface area contributed by atoms with Crippen LogP contribution in [-0.2, 0) is 35.5 Å². The molecule has 0 bridgehead atoms. The zero-order valence-electron chi connectivity index (χ0n) is 25.8. The van der Waals surface area contributed by atoms with Crippen molar-refractivity contribution < 1.29 is 47.5 Å². The van der Waals surface area contributed by atoms with E-state index in [1.807, 2.05) is 49.6 Å². The average molecular weight is 595 g/mol. The maximum atomic E-state index is 15.4. The minimum absolute atomic E-state index is 0. The first-order valence-corrected chi connectivity index (χ1v) is 14.9. The summed E-state index contributed by atoms with van der Waals surface area (Å²) in [5.41, 5.74) is 3.38. The Kier molecular flexibility index (Phi) is 8.97. The van der Waals surface area contributed by atoms with Gasteiger partial charge in [-0.15, -0.1) is 0 Å². The van der Waals surface area contributed by atoms with E-state index in [1.54, 1.807) is 17.3 Å². The third kappa shape index (κ3) is 6.29. The van der Waals surface area contributed by atoms with Crippen molar-refractivity contribution in [1.29, 1.82) is 0 Å². The normalized spacial score (nSPS) is 17.2. The number of piperidine rings is 1. The Bertz CT molecular complexity index is 1570. The Balaban J connectivity index is 0.00000384. The summed E-state index contributed by atoms with van der Waals surface area (Å²) in [5, 5.41) is 12.3. The molecule has 3 aliphatic rings. The quantitative estimate of drug-likeness (QED) is 0.398. The number of nitrogens with zero attached hydrogens (tertiary/aromatic N) is 4. The summed E-state index contributed by atoms with van der Waals surface area (Å²) < 4.78 is 22.8. The van der Waals surface area contributed by atoms with Crippen LogP contribution in [0.5, 0.6) is 0 Å². The second-order valence-corrected chi connectivity index (χ2v) is 12.8. The molecule has 0 saturated carbocycles. The van der Waals surface area contributed by atoms with E-state index in [-0.39, 0.29) is 42.6 Å². The van der Waals surface area contributed by atoms with E-state index in [9.17, 15) is 19.5 Å².